The van der Waals surface area contributed by atoms with Crippen LogP contribution in [0.2, 0.25) is 0 Å². The van der Waals surface area contributed by atoms with Gasteiger partial charge in [-0.2, -0.15) is 0 Å². The lowest BCUT2D eigenvalue weighted by atomic mass is 10.2. The zero-order valence-electron chi connectivity index (χ0n) is 14.9. The lowest BCUT2D eigenvalue weighted by molar-refractivity contribution is 0.414. The van der Waals surface area contributed by atoms with E-state index in [-0.39, 0.29) is 5.75 Å². The fourth-order valence-electron chi connectivity index (χ4n) is 2.23. The predicted molar refractivity (Wildman–Crippen MR) is 97.9 cm³/mol. The molecule has 136 valence electrons. The zero-order chi connectivity index (χ0) is 18.0. The van der Waals surface area contributed by atoms with Crippen molar-refractivity contribution in [3.8, 4) is 5.75 Å². The van der Waals surface area contributed by atoms with E-state index in [4.69, 9.17) is 4.74 Å². The van der Waals surface area contributed by atoms with E-state index < -0.39 is 10.0 Å². The lowest BCUT2D eigenvalue weighted by Gasteiger charge is -2.19. The van der Waals surface area contributed by atoms with E-state index in [0.29, 0.717) is 32.1 Å². The summed E-state index contributed by atoms with van der Waals surface area (Å²) < 4.78 is 30.9. The molecule has 0 aromatic heterocycles. The highest BCUT2D eigenvalue weighted by atomic mass is 32.2. The Labute approximate surface area is 145 Å². The van der Waals surface area contributed by atoms with Crippen molar-refractivity contribution in [2.75, 3.05) is 39.5 Å². The summed E-state index contributed by atoms with van der Waals surface area (Å²) in [6.07, 6.45) is 0. The maximum atomic E-state index is 12.1. The molecular formula is C16H28N4O3S. The molecule has 0 fully saturated rings. The van der Waals surface area contributed by atoms with Gasteiger partial charge < -0.3 is 15.4 Å². The Morgan fingerprint density at radius 2 is 1.96 bits per heavy atom. The first-order valence-corrected chi connectivity index (χ1v) is 9.63. The normalized spacial score (nSPS) is 12.3. The van der Waals surface area contributed by atoms with Gasteiger partial charge in [-0.1, -0.05) is 26.0 Å². The highest BCUT2D eigenvalue weighted by molar-refractivity contribution is 7.89. The Morgan fingerprint density at radius 3 is 2.54 bits per heavy atom. The summed E-state index contributed by atoms with van der Waals surface area (Å²) in [5, 5.41) is 6.18. The fraction of sp³-hybridized carbons (Fsp3) is 0.562. The van der Waals surface area contributed by atoms with Gasteiger partial charge in [0.15, 0.2) is 5.96 Å². The first-order chi connectivity index (χ1) is 11.5. The molecule has 0 unspecified atom stereocenters. The van der Waals surface area contributed by atoms with Crippen molar-refractivity contribution in [2.45, 2.75) is 20.4 Å². The molecule has 1 aromatic carbocycles. The number of rotatable bonds is 9. The topological polar surface area (TPSA) is 83.0 Å². The summed E-state index contributed by atoms with van der Waals surface area (Å²) in [6.45, 7) is 5.52. The molecular weight excluding hydrogens is 328 g/mol. The van der Waals surface area contributed by atoms with Crippen molar-refractivity contribution >= 4 is 16.0 Å². The maximum Gasteiger partial charge on any atom is 0.215 e. The Balaban J connectivity index is 2.48. The average molecular weight is 356 g/mol. The van der Waals surface area contributed by atoms with Crippen molar-refractivity contribution in [1.82, 2.24) is 14.9 Å². The number of hydrogen-bond acceptors (Lipinski definition) is 4. The van der Waals surface area contributed by atoms with E-state index in [2.05, 4.69) is 15.6 Å². The predicted octanol–water partition coefficient (Wildman–Crippen LogP) is 1.03. The Kier molecular flexibility index (Phi) is 8.56. The molecule has 0 atom stereocenters. The Morgan fingerprint density at radius 1 is 1.25 bits per heavy atom. The van der Waals surface area contributed by atoms with E-state index in [1.165, 1.54) is 4.31 Å². The molecule has 0 amide bonds. The van der Waals surface area contributed by atoms with Gasteiger partial charge in [0.25, 0.3) is 0 Å². The number of aliphatic imine (C=N–C) groups is 1. The Bertz CT molecular complexity index is 628. The van der Waals surface area contributed by atoms with Crippen LogP contribution in [0.15, 0.2) is 29.3 Å². The van der Waals surface area contributed by atoms with Crippen molar-refractivity contribution in [1.29, 1.82) is 0 Å². The fourth-order valence-corrected chi connectivity index (χ4v) is 3.64. The van der Waals surface area contributed by atoms with E-state index in [0.717, 1.165) is 11.3 Å². The number of nitrogens with one attached hydrogen (secondary N) is 2. The van der Waals surface area contributed by atoms with Gasteiger partial charge in [-0.05, 0) is 17.7 Å². The van der Waals surface area contributed by atoms with Gasteiger partial charge in [-0.25, -0.2) is 12.7 Å². The summed E-state index contributed by atoms with van der Waals surface area (Å²) in [7, 11) is 0.0499. The smallest absolute Gasteiger partial charge is 0.215 e. The highest BCUT2D eigenvalue weighted by Gasteiger charge is 2.18. The van der Waals surface area contributed by atoms with Crippen LogP contribution >= 0.6 is 0 Å². The van der Waals surface area contributed by atoms with Crippen LogP contribution in [0.5, 0.6) is 5.75 Å². The third kappa shape index (κ3) is 6.37. The van der Waals surface area contributed by atoms with Crippen LogP contribution in [-0.2, 0) is 16.6 Å². The second-order valence-corrected chi connectivity index (χ2v) is 7.19. The van der Waals surface area contributed by atoms with E-state index >= 15 is 0 Å². The van der Waals surface area contributed by atoms with E-state index in [1.807, 2.05) is 38.1 Å². The van der Waals surface area contributed by atoms with Gasteiger partial charge in [0.1, 0.15) is 5.75 Å². The standard InChI is InChI=1S/C16H28N4O3S/c1-5-20(6-2)24(21,22)11-10-18-16(17-3)19-13-14-8-7-9-15(12-14)23-4/h7-9,12H,5-6,10-11,13H2,1-4H3,(H2,17,18,19). The molecule has 0 aliphatic rings. The molecule has 2 N–H and O–H groups in total. The zero-order valence-corrected chi connectivity index (χ0v) is 15.7. The molecule has 1 aromatic rings. The van der Waals surface area contributed by atoms with Gasteiger partial charge in [0.2, 0.25) is 10.0 Å². The van der Waals surface area contributed by atoms with Crippen LogP contribution < -0.4 is 15.4 Å². The number of sulfonamides is 1. The third-order valence-corrected chi connectivity index (χ3v) is 5.59. The SMILES string of the molecule is CCN(CC)S(=O)(=O)CCNC(=NC)NCc1cccc(OC)c1. The average Bonchev–Trinajstić information content (AvgIpc) is 2.58. The van der Waals surface area contributed by atoms with Crippen LogP contribution in [0, 0.1) is 0 Å². The summed E-state index contributed by atoms with van der Waals surface area (Å²) in [5.41, 5.74) is 1.05. The van der Waals surface area contributed by atoms with Crippen molar-refractivity contribution in [2.24, 2.45) is 4.99 Å². The van der Waals surface area contributed by atoms with Crippen molar-refractivity contribution < 1.29 is 13.2 Å². The number of nitrogens with zero attached hydrogens (tertiary/aromatic N) is 2. The second-order valence-electron chi connectivity index (χ2n) is 5.10. The first-order valence-electron chi connectivity index (χ1n) is 8.02. The summed E-state index contributed by atoms with van der Waals surface area (Å²) in [6, 6.07) is 7.72. The minimum Gasteiger partial charge on any atom is -0.497 e. The van der Waals surface area contributed by atoms with Crippen LogP contribution in [0.25, 0.3) is 0 Å². The molecule has 0 spiro atoms. The lowest BCUT2D eigenvalue weighted by Crippen LogP contribution is -2.41. The van der Waals surface area contributed by atoms with Gasteiger partial charge >= 0.3 is 0 Å². The van der Waals surface area contributed by atoms with Gasteiger partial charge in [-0.3, -0.25) is 4.99 Å². The molecule has 0 heterocycles. The molecule has 0 saturated carbocycles. The second kappa shape index (κ2) is 10.1. The quantitative estimate of drug-likeness (QED) is 0.510. The van der Waals surface area contributed by atoms with Crippen LogP contribution in [0.1, 0.15) is 19.4 Å². The molecule has 8 heteroatoms. The van der Waals surface area contributed by atoms with Crippen molar-refractivity contribution in [3.63, 3.8) is 0 Å². The van der Waals surface area contributed by atoms with Crippen LogP contribution in [-0.4, -0.2) is 58.2 Å². The first kappa shape index (κ1) is 20.2. The molecule has 1 rings (SSSR count). The monoisotopic (exact) mass is 356 g/mol. The summed E-state index contributed by atoms with van der Waals surface area (Å²) >= 11 is 0. The number of methoxy groups -OCH3 is 1. The molecule has 7 nitrogen and oxygen atoms in total. The molecule has 0 bridgehead atoms. The highest BCUT2D eigenvalue weighted by Crippen LogP contribution is 2.12. The molecule has 0 aliphatic heterocycles. The maximum absolute atomic E-state index is 12.1. The van der Waals surface area contributed by atoms with Crippen LogP contribution in [0.4, 0.5) is 0 Å². The van der Waals surface area contributed by atoms with E-state index in [9.17, 15) is 8.42 Å². The summed E-state index contributed by atoms with van der Waals surface area (Å²) in [5.74, 6) is 1.39. The number of benzene rings is 1. The van der Waals surface area contributed by atoms with Gasteiger partial charge in [0.05, 0.1) is 12.9 Å². The molecule has 24 heavy (non-hydrogen) atoms. The van der Waals surface area contributed by atoms with Crippen molar-refractivity contribution in [3.05, 3.63) is 29.8 Å². The van der Waals surface area contributed by atoms with E-state index in [1.54, 1.807) is 14.2 Å². The number of hydrogen-bond donors (Lipinski definition) is 2. The summed E-state index contributed by atoms with van der Waals surface area (Å²) in [4.78, 5) is 4.11. The minimum absolute atomic E-state index is 0.0362. The molecule has 0 saturated heterocycles. The molecule has 0 aliphatic carbocycles. The van der Waals surface area contributed by atoms with Crippen LogP contribution in [0.3, 0.4) is 0 Å². The number of ether oxygens (including phenoxy) is 1. The Hall–Kier alpha value is -1.80. The third-order valence-electron chi connectivity index (χ3n) is 3.57. The molecule has 0 radical (unpaired) electrons. The number of guanidine groups is 1. The largest absolute Gasteiger partial charge is 0.497 e. The van der Waals surface area contributed by atoms with Gasteiger partial charge in [-0.15, -0.1) is 0 Å². The van der Waals surface area contributed by atoms with Gasteiger partial charge in [0, 0.05) is 33.2 Å². The minimum atomic E-state index is -3.23.